The summed E-state index contributed by atoms with van der Waals surface area (Å²) in [5.41, 5.74) is 4.33. The summed E-state index contributed by atoms with van der Waals surface area (Å²) in [5.74, 6) is 0.591. The van der Waals surface area contributed by atoms with Crippen LogP contribution in [0.1, 0.15) is 45.9 Å². The van der Waals surface area contributed by atoms with E-state index in [1.165, 1.54) is 35.3 Å². The van der Waals surface area contributed by atoms with Gasteiger partial charge in [-0.05, 0) is 43.0 Å². The van der Waals surface area contributed by atoms with Crippen LogP contribution in [0, 0.1) is 0 Å². The maximum absolute atomic E-state index is 12.5. The number of aromatic nitrogens is 1. The van der Waals surface area contributed by atoms with Gasteiger partial charge >= 0.3 is 0 Å². The Morgan fingerprint density at radius 2 is 2.29 bits per heavy atom. The predicted molar refractivity (Wildman–Crippen MR) is 83.9 cm³/mol. The third kappa shape index (κ3) is 2.59. The van der Waals surface area contributed by atoms with Crippen molar-refractivity contribution in [3.63, 3.8) is 0 Å². The Morgan fingerprint density at radius 3 is 3.14 bits per heavy atom. The highest BCUT2D eigenvalue weighted by atomic mass is 32.1. The Bertz CT molecular complexity index is 691. The van der Waals surface area contributed by atoms with Gasteiger partial charge in [0.1, 0.15) is 0 Å². The maximum Gasteiger partial charge on any atom is 0.257 e. The SMILES string of the molecule is O=C(Nc1nc(C2CC2)cs1)c1cccc2c1CCNC2. The molecule has 108 valence electrons. The lowest BCUT2D eigenvalue weighted by Crippen LogP contribution is -2.26. The third-order valence-electron chi connectivity index (χ3n) is 4.12. The monoisotopic (exact) mass is 299 g/mol. The first-order valence-corrected chi connectivity index (χ1v) is 8.27. The lowest BCUT2D eigenvalue weighted by atomic mass is 9.95. The molecule has 4 rings (SSSR count). The number of amides is 1. The summed E-state index contributed by atoms with van der Waals surface area (Å²) in [6.07, 6.45) is 3.37. The number of carbonyl (C=O) groups is 1. The predicted octanol–water partition coefficient (Wildman–Crippen LogP) is 2.92. The highest BCUT2D eigenvalue weighted by Gasteiger charge is 2.26. The van der Waals surface area contributed by atoms with Gasteiger partial charge in [0.15, 0.2) is 5.13 Å². The zero-order valence-electron chi connectivity index (χ0n) is 11.7. The highest BCUT2D eigenvalue weighted by molar-refractivity contribution is 7.14. The molecule has 21 heavy (non-hydrogen) atoms. The number of anilines is 1. The van der Waals surface area contributed by atoms with E-state index < -0.39 is 0 Å². The van der Waals surface area contributed by atoms with Crippen molar-refractivity contribution < 1.29 is 4.79 Å². The molecule has 1 aromatic carbocycles. The molecule has 2 heterocycles. The number of hydrogen-bond acceptors (Lipinski definition) is 4. The van der Waals surface area contributed by atoms with E-state index in [1.54, 1.807) is 0 Å². The quantitative estimate of drug-likeness (QED) is 0.916. The molecule has 0 bridgehead atoms. The van der Waals surface area contributed by atoms with Gasteiger partial charge in [0.05, 0.1) is 5.69 Å². The molecule has 4 nitrogen and oxygen atoms in total. The van der Waals surface area contributed by atoms with Crippen molar-refractivity contribution in [2.24, 2.45) is 0 Å². The van der Waals surface area contributed by atoms with E-state index in [2.05, 4.69) is 27.1 Å². The van der Waals surface area contributed by atoms with Crippen LogP contribution in [-0.2, 0) is 13.0 Å². The van der Waals surface area contributed by atoms with Crippen LogP contribution in [-0.4, -0.2) is 17.4 Å². The standard InChI is InChI=1S/C16H17N3OS/c20-15(19-16-18-14(9-21-16)10-4-5-10)13-3-1-2-11-8-17-7-6-12(11)13/h1-3,9-10,17H,4-8H2,(H,18,19,20). The maximum atomic E-state index is 12.5. The van der Waals surface area contributed by atoms with Gasteiger partial charge in [0.25, 0.3) is 5.91 Å². The Hall–Kier alpha value is -1.72. The van der Waals surface area contributed by atoms with Crippen LogP contribution in [0.15, 0.2) is 23.6 Å². The summed E-state index contributed by atoms with van der Waals surface area (Å²) < 4.78 is 0. The van der Waals surface area contributed by atoms with E-state index >= 15 is 0 Å². The van der Waals surface area contributed by atoms with Crippen LogP contribution in [0.5, 0.6) is 0 Å². The number of rotatable bonds is 3. The van der Waals surface area contributed by atoms with Gasteiger partial charge in [-0.15, -0.1) is 11.3 Å². The van der Waals surface area contributed by atoms with Gasteiger partial charge < -0.3 is 5.32 Å². The van der Waals surface area contributed by atoms with Crippen LogP contribution in [0.2, 0.25) is 0 Å². The molecule has 0 unspecified atom stereocenters. The summed E-state index contributed by atoms with van der Waals surface area (Å²) in [6, 6.07) is 5.96. The number of nitrogens with one attached hydrogen (secondary N) is 2. The molecule has 2 aliphatic rings. The summed E-state index contributed by atoms with van der Waals surface area (Å²) in [4.78, 5) is 17.0. The molecule has 1 aliphatic heterocycles. The van der Waals surface area contributed by atoms with Gasteiger partial charge in [-0.3, -0.25) is 10.1 Å². The van der Waals surface area contributed by atoms with Crippen molar-refractivity contribution in [2.75, 3.05) is 11.9 Å². The Morgan fingerprint density at radius 1 is 1.38 bits per heavy atom. The van der Waals surface area contributed by atoms with Crippen molar-refractivity contribution in [3.8, 4) is 0 Å². The minimum Gasteiger partial charge on any atom is -0.312 e. The average Bonchev–Trinajstić information content (AvgIpc) is 3.27. The van der Waals surface area contributed by atoms with Crippen molar-refractivity contribution in [3.05, 3.63) is 46.0 Å². The van der Waals surface area contributed by atoms with Crippen LogP contribution in [0.4, 0.5) is 5.13 Å². The molecule has 1 saturated carbocycles. The molecule has 0 atom stereocenters. The zero-order chi connectivity index (χ0) is 14.2. The molecule has 2 N–H and O–H groups in total. The van der Waals surface area contributed by atoms with Crippen LogP contribution in [0.3, 0.4) is 0 Å². The lowest BCUT2D eigenvalue weighted by molar-refractivity contribution is 0.102. The van der Waals surface area contributed by atoms with E-state index in [1.807, 2.05) is 12.1 Å². The second-order valence-corrected chi connectivity index (χ2v) is 6.53. The fraction of sp³-hybridized carbons (Fsp3) is 0.375. The summed E-state index contributed by atoms with van der Waals surface area (Å²) in [7, 11) is 0. The molecule has 0 saturated heterocycles. The minimum atomic E-state index is -0.0366. The molecule has 1 aliphatic carbocycles. The first-order chi connectivity index (χ1) is 10.3. The number of thiazole rings is 1. The molecular formula is C16H17N3OS. The van der Waals surface area contributed by atoms with E-state index in [0.29, 0.717) is 11.0 Å². The summed E-state index contributed by atoms with van der Waals surface area (Å²) in [6.45, 7) is 1.78. The second kappa shape index (κ2) is 5.24. The molecule has 1 amide bonds. The normalized spacial score (nSPS) is 17.3. The molecule has 0 spiro atoms. The highest BCUT2D eigenvalue weighted by Crippen LogP contribution is 2.40. The first-order valence-electron chi connectivity index (χ1n) is 7.39. The van der Waals surface area contributed by atoms with Gasteiger partial charge in [0, 0.05) is 23.4 Å². The molecule has 2 aromatic rings. The summed E-state index contributed by atoms with van der Waals surface area (Å²) in [5, 5.41) is 9.08. The number of fused-ring (bicyclic) bond motifs is 1. The molecule has 1 fully saturated rings. The van der Waals surface area contributed by atoms with Gasteiger partial charge in [-0.25, -0.2) is 4.98 Å². The van der Waals surface area contributed by atoms with E-state index in [9.17, 15) is 4.79 Å². The first kappa shape index (κ1) is 13.0. The second-order valence-electron chi connectivity index (χ2n) is 5.68. The number of benzene rings is 1. The molecule has 0 radical (unpaired) electrons. The van der Waals surface area contributed by atoms with E-state index in [4.69, 9.17) is 0 Å². The number of carbonyl (C=O) groups excluding carboxylic acids is 1. The van der Waals surface area contributed by atoms with Crippen molar-refractivity contribution >= 4 is 22.4 Å². The molecule has 1 aromatic heterocycles. The van der Waals surface area contributed by atoms with Crippen LogP contribution < -0.4 is 10.6 Å². The van der Waals surface area contributed by atoms with Crippen LogP contribution >= 0.6 is 11.3 Å². The fourth-order valence-corrected chi connectivity index (χ4v) is 3.61. The molecule has 5 heteroatoms. The number of nitrogens with zero attached hydrogens (tertiary/aromatic N) is 1. The van der Waals surface area contributed by atoms with Crippen molar-refractivity contribution in [1.29, 1.82) is 0 Å². The van der Waals surface area contributed by atoms with Gasteiger partial charge in [-0.2, -0.15) is 0 Å². The van der Waals surface area contributed by atoms with E-state index in [0.717, 1.165) is 30.8 Å². The van der Waals surface area contributed by atoms with Crippen molar-refractivity contribution in [1.82, 2.24) is 10.3 Å². The number of hydrogen-bond donors (Lipinski definition) is 2. The van der Waals surface area contributed by atoms with E-state index in [-0.39, 0.29) is 5.91 Å². The Balaban J connectivity index is 1.56. The largest absolute Gasteiger partial charge is 0.312 e. The Labute approximate surface area is 127 Å². The van der Waals surface area contributed by atoms with Crippen LogP contribution in [0.25, 0.3) is 0 Å². The van der Waals surface area contributed by atoms with Crippen molar-refractivity contribution in [2.45, 2.75) is 31.7 Å². The fourth-order valence-electron chi connectivity index (χ4n) is 2.82. The molecular weight excluding hydrogens is 282 g/mol. The Kier molecular flexibility index (Phi) is 3.24. The van der Waals surface area contributed by atoms with Gasteiger partial charge in [0.2, 0.25) is 0 Å². The lowest BCUT2D eigenvalue weighted by Gasteiger charge is -2.19. The smallest absolute Gasteiger partial charge is 0.257 e. The third-order valence-corrected chi connectivity index (χ3v) is 4.90. The van der Waals surface area contributed by atoms with Gasteiger partial charge in [-0.1, -0.05) is 12.1 Å². The minimum absolute atomic E-state index is 0.0366. The average molecular weight is 299 g/mol. The zero-order valence-corrected chi connectivity index (χ0v) is 12.5. The summed E-state index contributed by atoms with van der Waals surface area (Å²) >= 11 is 1.52. The topological polar surface area (TPSA) is 54.0 Å².